The molecule has 0 heterocycles. The van der Waals surface area contributed by atoms with E-state index in [2.05, 4.69) is 15.9 Å². The lowest BCUT2D eigenvalue weighted by Gasteiger charge is -2.14. The highest BCUT2D eigenvalue weighted by Crippen LogP contribution is 2.26. The number of rotatable bonds is 4. The maximum atomic E-state index is 13.6. The lowest BCUT2D eigenvalue weighted by molar-refractivity contribution is 0.294. The smallest absolute Gasteiger partial charge is 0.129 e. The second-order valence-corrected chi connectivity index (χ2v) is 5.41. The highest BCUT2D eigenvalue weighted by Gasteiger charge is 2.11. The molecule has 2 nitrogen and oxygen atoms in total. The van der Waals surface area contributed by atoms with Gasteiger partial charge in [-0.1, -0.05) is 15.9 Å². The molecule has 0 amide bonds. The number of halogens is 3. The van der Waals surface area contributed by atoms with Gasteiger partial charge < -0.3 is 10.5 Å². The molecule has 0 unspecified atom stereocenters. The molecule has 0 aliphatic heterocycles. The zero-order valence-electron chi connectivity index (χ0n) is 10.9. The van der Waals surface area contributed by atoms with Gasteiger partial charge in [-0.3, -0.25) is 0 Å². The standard InChI is InChI=1S/C15H14BrF2NO/c1-9(19)13-7-12(17)3-5-15(13)20-8-10-6-11(16)2-4-14(10)18/h2-7,9H,8,19H2,1H3/t9-/m1/s1. The highest BCUT2D eigenvalue weighted by atomic mass is 79.9. The molecule has 0 bridgehead atoms. The van der Waals surface area contributed by atoms with Crippen molar-refractivity contribution in [3.8, 4) is 5.75 Å². The quantitative estimate of drug-likeness (QED) is 0.898. The molecule has 0 aliphatic rings. The Morgan fingerprint density at radius 2 is 1.95 bits per heavy atom. The van der Waals surface area contributed by atoms with Crippen molar-refractivity contribution in [2.24, 2.45) is 5.73 Å². The predicted molar refractivity (Wildman–Crippen MR) is 77.4 cm³/mol. The fourth-order valence-corrected chi connectivity index (χ4v) is 2.22. The van der Waals surface area contributed by atoms with E-state index in [-0.39, 0.29) is 24.3 Å². The first-order chi connectivity index (χ1) is 9.47. The molecule has 2 aromatic rings. The Bertz CT molecular complexity index is 617. The second-order valence-electron chi connectivity index (χ2n) is 4.50. The van der Waals surface area contributed by atoms with Crippen LogP contribution >= 0.6 is 15.9 Å². The average Bonchev–Trinajstić information content (AvgIpc) is 2.40. The van der Waals surface area contributed by atoms with Gasteiger partial charge in [0.15, 0.2) is 0 Å². The van der Waals surface area contributed by atoms with Gasteiger partial charge in [-0.15, -0.1) is 0 Å². The first-order valence-electron chi connectivity index (χ1n) is 6.09. The molecule has 0 saturated heterocycles. The van der Waals surface area contributed by atoms with Crippen LogP contribution in [-0.4, -0.2) is 0 Å². The van der Waals surface area contributed by atoms with Gasteiger partial charge in [-0.25, -0.2) is 8.78 Å². The molecule has 2 aromatic carbocycles. The summed E-state index contributed by atoms with van der Waals surface area (Å²) in [7, 11) is 0. The fourth-order valence-electron chi connectivity index (χ4n) is 1.82. The van der Waals surface area contributed by atoms with Crippen LogP contribution in [0.5, 0.6) is 5.75 Å². The lowest BCUT2D eigenvalue weighted by atomic mass is 10.1. The third kappa shape index (κ3) is 3.55. The van der Waals surface area contributed by atoms with E-state index < -0.39 is 0 Å². The summed E-state index contributed by atoms with van der Waals surface area (Å²) in [5, 5.41) is 0. The molecule has 2 rings (SSSR count). The Balaban J connectivity index is 2.20. The fraction of sp³-hybridized carbons (Fsp3) is 0.200. The van der Waals surface area contributed by atoms with Crippen LogP contribution in [0.25, 0.3) is 0 Å². The van der Waals surface area contributed by atoms with Crippen molar-refractivity contribution in [3.05, 3.63) is 63.6 Å². The molecule has 0 radical (unpaired) electrons. The van der Waals surface area contributed by atoms with Crippen LogP contribution in [0.15, 0.2) is 40.9 Å². The molecular weight excluding hydrogens is 328 g/mol. The summed E-state index contributed by atoms with van der Waals surface area (Å²) in [6, 6.07) is 8.38. The van der Waals surface area contributed by atoms with Crippen molar-refractivity contribution in [1.82, 2.24) is 0 Å². The summed E-state index contributed by atoms with van der Waals surface area (Å²) < 4.78 is 33.2. The van der Waals surface area contributed by atoms with Crippen LogP contribution in [0.1, 0.15) is 24.1 Å². The summed E-state index contributed by atoms with van der Waals surface area (Å²) in [6.07, 6.45) is 0. The Morgan fingerprint density at radius 3 is 2.65 bits per heavy atom. The van der Waals surface area contributed by atoms with E-state index in [0.29, 0.717) is 16.9 Å². The van der Waals surface area contributed by atoms with Crippen LogP contribution in [0.2, 0.25) is 0 Å². The molecule has 106 valence electrons. The van der Waals surface area contributed by atoms with Gasteiger partial charge >= 0.3 is 0 Å². The van der Waals surface area contributed by atoms with E-state index >= 15 is 0 Å². The summed E-state index contributed by atoms with van der Waals surface area (Å²) in [5.74, 6) is -0.267. The first-order valence-corrected chi connectivity index (χ1v) is 6.88. The van der Waals surface area contributed by atoms with E-state index in [1.165, 1.54) is 24.3 Å². The summed E-state index contributed by atoms with van der Waals surface area (Å²) in [6.45, 7) is 1.79. The van der Waals surface area contributed by atoms with E-state index in [0.717, 1.165) is 4.47 Å². The van der Waals surface area contributed by atoms with Crippen LogP contribution in [-0.2, 0) is 6.61 Å². The topological polar surface area (TPSA) is 35.2 Å². The SMILES string of the molecule is C[C@@H](N)c1cc(F)ccc1OCc1cc(Br)ccc1F. The Morgan fingerprint density at radius 1 is 1.20 bits per heavy atom. The molecule has 0 aliphatic carbocycles. The number of hydrogen-bond donors (Lipinski definition) is 1. The molecule has 20 heavy (non-hydrogen) atoms. The molecule has 5 heteroatoms. The molecule has 0 fully saturated rings. The minimum absolute atomic E-state index is 0.0522. The normalized spacial score (nSPS) is 12.2. The zero-order chi connectivity index (χ0) is 14.7. The highest BCUT2D eigenvalue weighted by molar-refractivity contribution is 9.10. The van der Waals surface area contributed by atoms with Gasteiger partial charge in [-0.2, -0.15) is 0 Å². The van der Waals surface area contributed by atoms with Crippen LogP contribution in [0.4, 0.5) is 8.78 Å². The van der Waals surface area contributed by atoms with Gasteiger partial charge in [-0.05, 0) is 43.3 Å². The largest absolute Gasteiger partial charge is 0.488 e. The van der Waals surface area contributed by atoms with Crippen molar-refractivity contribution < 1.29 is 13.5 Å². The van der Waals surface area contributed by atoms with Crippen molar-refractivity contribution in [2.45, 2.75) is 19.6 Å². The predicted octanol–water partition coefficient (Wildman–Crippen LogP) is 4.33. The summed E-state index contributed by atoms with van der Waals surface area (Å²) in [4.78, 5) is 0. The van der Waals surface area contributed by atoms with E-state index in [1.54, 1.807) is 19.1 Å². The second kappa shape index (κ2) is 6.33. The van der Waals surface area contributed by atoms with Crippen molar-refractivity contribution in [1.29, 1.82) is 0 Å². The molecule has 1 atom stereocenters. The van der Waals surface area contributed by atoms with Gasteiger partial charge in [0.05, 0.1) is 0 Å². The first kappa shape index (κ1) is 14.9. The molecule has 0 saturated carbocycles. The molecule has 0 aromatic heterocycles. The van der Waals surface area contributed by atoms with E-state index in [4.69, 9.17) is 10.5 Å². The maximum Gasteiger partial charge on any atom is 0.129 e. The van der Waals surface area contributed by atoms with Gasteiger partial charge in [0.2, 0.25) is 0 Å². The Hall–Kier alpha value is -1.46. The number of benzene rings is 2. The van der Waals surface area contributed by atoms with E-state index in [1.807, 2.05) is 0 Å². The maximum absolute atomic E-state index is 13.6. The minimum atomic E-state index is -0.377. The average molecular weight is 342 g/mol. The third-order valence-corrected chi connectivity index (χ3v) is 3.35. The number of ether oxygens (including phenoxy) is 1. The summed E-state index contributed by atoms with van der Waals surface area (Å²) >= 11 is 3.28. The van der Waals surface area contributed by atoms with Crippen molar-refractivity contribution >= 4 is 15.9 Å². The van der Waals surface area contributed by atoms with Gasteiger partial charge in [0.25, 0.3) is 0 Å². The Kier molecular flexibility index (Phi) is 4.73. The number of hydrogen-bond acceptors (Lipinski definition) is 2. The molecule has 2 N–H and O–H groups in total. The monoisotopic (exact) mass is 341 g/mol. The minimum Gasteiger partial charge on any atom is -0.488 e. The van der Waals surface area contributed by atoms with Crippen LogP contribution < -0.4 is 10.5 Å². The molecular formula is C15H14BrF2NO. The Labute approximate surface area is 124 Å². The van der Waals surface area contributed by atoms with Gasteiger partial charge in [0.1, 0.15) is 24.0 Å². The number of nitrogens with two attached hydrogens (primary N) is 1. The zero-order valence-corrected chi connectivity index (χ0v) is 12.5. The van der Waals surface area contributed by atoms with Crippen molar-refractivity contribution in [3.63, 3.8) is 0 Å². The molecule has 0 spiro atoms. The van der Waals surface area contributed by atoms with Crippen molar-refractivity contribution in [2.75, 3.05) is 0 Å². The lowest BCUT2D eigenvalue weighted by Crippen LogP contribution is -2.09. The third-order valence-electron chi connectivity index (χ3n) is 2.85. The van der Waals surface area contributed by atoms with Crippen LogP contribution in [0, 0.1) is 11.6 Å². The van der Waals surface area contributed by atoms with E-state index in [9.17, 15) is 8.78 Å². The summed E-state index contributed by atoms with van der Waals surface area (Å²) in [5.41, 5.74) is 6.75. The van der Waals surface area contributed by atoms with Gasteiger partial charge in [0, 0.05) is 21.6 Å². The van der Waals surface area contributed by atoms with Crippen LogP contribution in [0.3, 0.4) is 0 Å².